The molecule has 0 bridgehead atoms. The maximum absolute atomic E-state index is 13.5. The minimum absolute atomic E-state index is 0.0431. The Kier molecular flexibility index (Phi) is 6.03. The average Bonchev–Trinajstić information content (AvgIpc) is 3.33. The molecule has 10 heteroatoms. The van der Waals surface area contributed by atoms with Crippen LogP contribution in [-0.2, 0) is 11.3 Å². The minimum Gasteiger partial charge on any atom is -0.494 e. The van der Waals surface area contributed by atoms with Gasteiger partial charge in [0.1, 0.15) is 11.6 Å². The van der Waals surface area contributed by atoms with Crippen LogP contribution in [0, 0.1) is 18.3 Å². The minimum atomic E-state index is -0.665. The Bertz CT molecular complexity index is 1330. The van der Waals surface area contributed by atoms with E-state index in [2.05, 4.69) is 0 Å². The van der Waals surface area contributed by atoms with Crippen molar-refractivity contribution in [3.63, 3.8) is 0 Å². The van der Waals surface area contributed by atoms with Crippen molar-refractivity contribution in [1.29, 1.82) is 5.26 Å². The van der Waals surface area contributed by atoms with Gasteiger partial charge in [0, 0.05) is 21.7 Å². The molecule has 3 aromatic rings. The number of halogens is 3. The van der Waals surface area contributed by atoms with Crippen LogP contribution in [0.25, 0.3) is 10.1 Å². The molecule has 1 unspecified atom stereocenters. The van der Waals surface area contributed by atoms with E-state index in [1.807, 2.05) is 6.07 Å². The van der Waals surface area contributed by atoms with Crippen LogP contribution in [0.4, 0.5) is 0 Å². The summed E-state index contributed by atoms with van der Waals surface area (Å²) in [5.41, 5.74) is -0.930. The first-order chi connectivity index (χ1) is 14.7. The van der Waals surface area contributed by atoms with Gasteiger partial charge >= 0.3 is 0 Å². The van der Waals surface area contributed by atoms with Crippen molar-refractivity contribution < 1.29 is 14.6 Å². The van der Waals surface area contributed by atoms with Crippen LogP contribution >= 0.6 is 46.1 Å². The third kappa shape index (κ3) is 3.73. The molecule has 4 rings (SSSR count). The fourth-order valence-corrected chi connectivity index (χ4v) is 6.08. The number of fused-ring (bicyclic) bond motifs is 1. The molecule has 3 heterocycles. The Balaban J connectivity index is 1.91. The number of hydrogen-bond donors (Lipinski definition) is 1. The molecular formula is C21H15Cl3N2O4S. The summed E-state index contributed by atoms with van der Waals surface area (Å²) in [5, 5.41) is 21.8. The molecule has 6 nitrogen and oxygen atoms in total. The number of pyridine rings is 1. The molecule has 31 heavy (non-hydrogen) atoms. The summed E-state index contributed by atoms with van der Waals surface area (Å²) in [7, 11) is 0. The van der Waals surface area contributed by atoms with E-state index in [1.165, 1.54) is 13.0 Å². The fourth-order valence-electron chi connectivity index (χ4n) is 3.76. The molecule has 0 aliphatic carbocycles. The van der Waals surface area contributed by atoms with Gasteiger partial charge in [0.05, 0.1) is 33.1 Å². The first-order valence-corrected chi connectivity index (χ1v) is 11.3. The first kappa shape index (κ1) is 22.1. The number of carbonyl (C=O) groups is 1. The quantitative estimate of drug-likeness (QED) is 0.493. The van der Waals surface area contributed by atoms with Crippen LogP contribution in [0.3, 0.4) is 0 Å². The average molecular weight is 498 g/mol. The van der Waals surface area contributed by atoms with Crippen molar-refractivity contribution >= 4 is 62.0 Å². The second-order valence-electron chi connectivity index (χ2n) is 7.20. The van der Waals surface area contributed by atoms with Crippen LogP contribution in [0.1, 0.15) is 39.2 Å². The van der Waals surface area contributed by atoms with E-state index in [0.29, 0.717) is 33.2 Å². The van der Waals surface area contributed by atoms with E-state index in [0.717, 1.165) is 22.3 Å². The summed E-state index contributed by atoms with van der Waals surface area (Å²) in [5.74, 6) is -1.12. The van der Waals surface area contributed by atoms with Crippen molar-refractivity contribution in [2.45, 2.75) is 32.4 Å². The molecule has 0 saturated carbocycles. The van der Waals surface area contributed by atoms with E-state index < -0.39 is 17.2 Å². The monoisotopic (exact) mass is 496 g/mol. The number of hydrogen-bond acceptors (Lipinski definition) is 6. The number of nitriles is 1. The number of carbonyl (C=O) groups excluding carboxylic acids is 1. The van der Waals surface area contributed by atoms with Gasteiger partial charge in [-0.1, -0.05) is 34.8 Å². The predicted octanol–water partition coefficient (Wildman–Crippen LogP) is 5.32. The number of aromatic nitrogens is 1. The molecule has 1 atom stereocenters. The fraction of sp³-hybridized carbons (Fsp3) is 0.286. The molecule has 0 amide bonds. The molecule has 160 valence electrons. The third-order valence-electron chi connectivity index (χ3n) is 5.29. The summed E-state index contributed by atoms with van der Waals surface area (Å²) in [6, 6.07) is 5.02. The Morgan fingerprint density at radius 2 is 2.13 bits per heavy atom. The summed E-state index contributed by atoms with van der Waals surface area (Å²) < 4.78 is 7.19. The highest BCUT2D eigenvalue weighted by Crippen LogP contribution is 2.43. The van der Waals surface area contributed by atoms with E-state index in [4.69, 9.17) is 39.5 Å². The summed E-state index contributed by atoms with van der Waals surface area (Å²) >= 11 is 19.9. The number of ketones is 1. The van der Waals surface area contributed by atoms with Gasteiger partial charge < -0.3 is 9.84 Å². The molecule has 1 aliphatic rings. The van der Waals surface area contributed by atoms with Crippen LogP contribution in [0.5, 0.6) is 5.88 Å². The lowest BCUT2D eigenvalue weighted by atomic mass is 10.0. The molecule has 1 fully saturated rings. The van der Waals surface area contributed by atoms with Gasteiger partial charge in [0.15, 0.2) is 0 Å². The number of nitrogens with zero attached hydrogens (tertiary/aromatic N) is 2. The zero-order valence-electron chi connectivity index (χ0n) is 16.2. The number of benzene rings is 1. The van der Waals surface area contributed by atoms with Gasteiger partial charge in [-0.25, -0.2) is 0 Å². The Labute approximate surface area is 196 Å². The first-order valence-electron chi connectivity index (χ1n) is 9.34. The number of thiophene rings is 1. The Hall–Kier alpha value is -2.08. The molecular weight excluding hydrogens is 483 g/mol. The van der Waals surface area contributed by atoms with Crippen molar-refractivity contribution in [2.75, 3.05) is 6.61 Å². The summed E-state index contributed by atoms with van der Waals surface area (Å²) in [6.07, 6.45) is 1.27. The SMILES string of the molecule is Cc1c(C(=O)c2sc3cc(Cl)cc(Cl)c3c2Cl)c(O)n(CC2CCCO2)c(=O)c1C#N. The molecule has 0 spiro atoms. The normalized spacial score (nSPS) is 16.0. The molecule has 0 radical (unpaired) electrons. The Morgan fingerprint density at radius 3 is 2.77 bits per heavy atom. The van der Waals surface area contributed by atoms with E-state index in [1.54, 1.807) is 6.07 Å². The van der Waals surface area contributed by atoms with Gasteiger partial charge in [-0.05, 0) is 37.5 Å². The lowest BCUT2D eigenvalue weighted by Gasteiger charge is -2.17. The van der Waals surface area contributed by atoms with Crippen molar-refractivity contribution in [2.24, 2.45) is 0 Å². The van der Waals surface area contributed by atoms with Crippen LogP contribution in [0.2, 0.25) is 15.1 Å². The standard InChI is InChI=1S/C21H15Cl3N2O4S/c1-9-12(7-25)20(28)26(8-11-3-2-4-30-11)21(29)15(9)18(27)19-17(24)16-13(23)5-10(22)6-14(16)31-19/h5-6,11,29H,2-4,8H2,1H3. The highest BCUT2D eigenvalue weighted by Gasteiger charge is 2.30. The zero-order valence-corrected chi connectivity index (χ0v) is 19.3. The van der Waals surface area contributed by atoms with E-state index in [-0.39, 0.29) is 39.2 Å². The van der Waals surface area contributed by atoms with Crippen LogP contribution in [0.15, 0.2) is 16.9 Å². The van der Waals surface area contributed by atoms with Gasteiger partial charge in [-0.3, -0.25) is 14.2 Å². The number of rotatable bonds is 4. The highest BCUT2D eigenvalue weighted by molar-refractivity contribution is 7.22. The molecule has 2 aromatic heterocycles. The van der Waals surface area contributed by atoms with E-state index >= 15 is 0 Å². The lowest BCUT2D eigenvalue weighted by molar-refractivity contribution is 0.0929. The smallest absolute Gasteiger partial charge is 0.271 e. The van der Waals surface area contributed by atoms with Crippen molar-refractivity contribution in [3.8, 4) is 11.9 Å². The van der Waals surface area contributed by atoms with E-state index in [9.17, 15) is 20.0 Å². The summed E-state index contributed by atoms with van der Waals surface area (Å²) in [6.45, 7) is 2.06. The number of ether oxygens (including phenoxy) is 1. The zero-order chi connectivity index (χ0) is 22.4. The summed E-state index contributed by atoms with van der Waals surface area (Å²) in [4.78, 5) is 26.4. The molecule has 1 N–H and O–H groups in total. The Morgan fingerprint density at radius 1 is 1.39 bits per heavy atom. The van der Waals surface area contributed by atoms with Gasteiger partial charge in [-0.2, -0.15) is 5.26 Å². The topological polar surface area (TPSA) is 92.3 Å². The largest absolute Gasteiger partial charge is 0.494 e. The molecule has 1 aromatic carbocycles. The lowest BCUT2D eigenvalue weighted by Crippen LogP contribution is -2.30. The highest BCUT2D eigenvalue weighted by atomic mass is 35.5. The maximum atomic E-state index is 13.5. The predicted molar refractivity (Wildman–Crippen MR) is 121 cm³/mol. The van der Waals surface area contributed by atoms with Gasteiger partial charge in [0.2, 0.25) is 11.7 Å². The van der Waals surface area contributed by atoms with Crippen molar-refractivity contribution in [1.82, 2.24) is 4.57 Å². The van der Waals surface area contributed by atoms with Crippen LogP contribution < -0.4 is 5.56 Å². The molecule has 1 aliphatic heterocycles. The van der Waals surface area contributed by atoms with Gasteiger partial charge in [-0.15, -0.1) is 11.3 Å². The molecule has 1 saturated heterocycles. The number of aromatic hydroxyl groups is 1. The van der Waals surface area contributed by atoms with Crippen molar-refractivity contribution in [3.05, 3.63) is 59.1 Å². The third-order valence-corrected chi connectivity index (χ3v) is 7.44. The maximum Gasteiger partial charge on any atom is 0.271 e. The van der Waals surface area contributed by atoms with Gasteiger partial charge in [0.25, 0.3) is 5.56 Å². The second-order valence-corrected chi connectivity index (χ2v) is 9.47. The second kappa shape index (κ2) is 8.45. The van der Waals surface area contributed by atoms with Crippen LogP contribution in [-0.4, -0.2) is 28.2 Å².